The topological polar surface area (TPSA) is 146 Å². The Morgan fingerprint density at radius 3 is 2.54 bits per heavy atom. The number of anilines is 3. The number of nitrogens with zero attached hydrogens (tertiary/aromatic N) is 9. The third kappa shape index (κ3) is 2.99. The number of hydrogen-bond acceptors (Lipinski definition) is 8. The molecule has 12 nitrogen and oxygen atoms in total. The highest BCUT2D eigenvalue weighted by Crippen LogP contribution is 2.07. The van der Waals surface area contributed by atoms with Crippen LogP contribution in [0.2, 0.25) is 0 Å². The van der Waals surface area contributed by atoms with Crippen LogP contribution < -0.4 is 26.8 Å². The van der Waals surface area contributed by atoms with Crippen molar-refractivity contribution in [3.8, 4) is 0 Å². The van der Waals surface area contributed by atoms with Crippen LogP contribution in [0.3, 0.4) is 0 Å². The Bertz CT molecular complexity index is 1130. The maximum absolute atomic E-state index is 5.62. The third-order valence-corrected chi connectivity index (χ3v) is 3.76. The summed E-state index contributed by atoms with van der Waals surface area (Å²) >= 11 is 0. The Balaban J connectivity index is 0.000000151. The van der Waals surface area contributed by atoms with Gasteiger partial charge in [-0.05, 0) is 5.10 Å². The Labute approximate surface area is 148 Å². The monoisotopic (exact) mass is 357 g/mol. The third-order valence-electron chi connectivity index (χ3n) is 3.76. The lowest BCUT2D eigenvalue weighted by molar-refractivity contribution is -0.703. The summed E-state index contributed by atoms with van der Waals surface area (Å²) in [5.41, 5.74) is 13.8. The van der Waals surface area contributed by atoms with Crippen LogP contribution in [-0.2, 0) is 14.1 Å². The summed E-state index contributed by atoms with van der Waals surface area (Å²) in [7, 11) is 7.19. The first-order valence-corrected chi connectivity index (χ1v) is 7.73. The molecule has 0 aliphatic carbocycles. The van der Waals surface area contributed by atoms with Crippen LogP contribution in [0.5, 0.6) is 0 Å². The van der Waals surface area contributed by atoms with Crippen LogP contribution in [0.15, 0.2) is 29.5 Å². The molecule has 0 fully saturated rings. The van der Waals surface area contributed by atoms with E-state index in [1.54, 1.807) is 37.8 Å². The van der Waals surface area contributed by atoms with Crippen LogP contribution in [0.25, 0.3) is 11.3 Å². The van der Waals surface area contributed by atoms with E-state index in [4.69, 9.17) is 11.5 Å². The van der Waals surface area contributed by atoms with Gasteiger partial charge >= 0.3 is 11.6 Å². The summed E-state index contributed by atoms with van der Waals surface area (Å²) in [6.45, 7) is 0. The Hall–Kier alpha value is -3.70. The fourth-order valence-electron chi connectivity index (χ4n) is 2.39. The second-order valence-corrected chi connectivity index (χ2v) is 5.44. The summed E-state index contributed by atoms with van der Waals surface area (Å²) in [4.78, 5) is 4.01. The van der Waals surface area contributed by atoms with E-state index >= 15 is 0 Å². The molecule has 12 heteroatoms. The molecule has 0 saturated carbocycles. The number of rotatable bonds is 1. The molecule has 136 valence electrons. The van der Waals surface area contributed by atoms with Crippen molar-refractivity contribution in [2.45, 2.75) is 0 Å². The van der Waals surface area contributed by atoms with Gasteiger partial charge in [0.05, 0.1) is 29.5 Å². The van der Waals surface area contributed by atoms with Gasteiger partial charge in [0.1, 0.15) is 7.05 Å². The van der Waals surface area contributed by atoms with Crippen molar-refractivity contribution in [1.29, 1.82) is 0 Å². The molecule has 0 atom stereocenters. The first-order chi connectivity index (χ1) is 12.4. The van der Waals surface area contributed by atoms with Crippen molar-refractivity contribution in [2.24, 2.45) is 19.1 Å². The molecule has 0 spiro atoms. The lowest BCUT2D eigenvalue weighted by Crippen LogP contribution is -2.30. The molecule has 4 aromatic heterocycles. The number of aryl methyl sites for hydroxylation is 2. The van der Waals surface area contributed by atoms with E-state index in [9.17, 15) is 0 Å². The standard InChI is InChI=1S/2C7H10N6/c2*1-9-5-3-6-12(2)11-7(8)13(6)10-4-5/h2*3-4H,1-2H3,(H2,8,11)/p+1. The van der Waals surface area contributed by atoms with Gasteiger partial charge in [0.25, 0.3) is 0 Å². The molecule has 0 aromatic carbocycles. The average Bonchev–Trinajstić information content (AvgIpc) is 3.10. The first-order valence-electron chi connectivity index (χ1n) is 7.73. The van der Waals surface area contributed by atoms with Crippen LogP contribution in [0, 0.1) is 0 Å². The minimum atomic E-state index is 0.375. The number of nitrogens with one attached hydrogen (secondary N) is 1. The summed E-state index contributed by atoms with van der Waals surface area (Å²) in [6, 6.07) is 3.80. The van der Waals surface area contributed by atoms with Crippen molar-refractivity contribution in [1.82, 2.24) is 34.1 Å². The first kappa shape index (κ1) is 17.1. The van der Waals surface area contributed by atoms with Crippen molar-refractivity contribution in [3.05, 3.63) is 29.9 Å². The van der Waals surface area contributed by atoms with Gasteiger partial charge in [0, 0.05) is 27.2 Å². The number of aromatic nitrogens is 8. The lowest BCUT2D eigenvalue weighted by atomic mass is 10.4. The van der Waals surface area contributed by atoms with Gasteiger partial charge in [-0.1, -0.05) is 9.61 Å². The Kier molecular flexibility index (Phi) is 4.39. The predicted octanol–water partition coefficient (Wildman–Crippen LogP) is -1.64. The van der Waals surface area contributed by atoms with Crippen molar-refractivity contribution >= 4 is 28.9 Å². The van der Waals surface area contributed by atoms with Crippen molar-refractivity contribution in [3.63, 3.8) is 0 Å². The maximum Gasteiger partial charge on any atom is 0.355 e. The Morgan fingerprint density at radius 2 is 1.85 bits per heavy atom. The fourth-order valence-corrected chi connectivity index (χ4v) is 2.39. The molecule has 0 aliphatic heterocycles. The smallest absolute Gasteiger partial charge is 0.355 e. The molecule has 0 aliphatic rings. The van der Waals surface area contributed by atoms with Gasteiger partial charge in [-0.2, -0.15) is 9.61 Å². The van der Waals surface area contributed by atoms with Gasteiger partial charge in [-0.15, -0.1) is 9.78 Å². The second kappa shape index (κ2) is 6.66. The van der Waals surface area contributed by atoms with Crippen LogP contribution in [0.4, 0.5) is 17.6 Å². The average molecular weight is 357 g/mol. The minimum absolute atomic E-state index is 0.375. The van der Waals surface area contributed by atoms with E-state index in [1.807, 2.05) is 33.3 Å². The molecule has 26 heavy (non-hydrogen) atoms. The molecule has 0 amide bonds. The number of nitrogens with two attached hydrogens (primary N) is 2. The molecule has 4 rings (SSSR count). The highest BCUT2D eigenvalue weighted by molar-refractivity contribution is 5.50. The van der Waals surface area contributed by atoms with Gasteiger partial charge in [-0.3, -0.25) is 4.99 Å². The molecule has 0 saturated heterocycles. The molecule has 4 heterocycles. The highest BCUT2D eigenvalue weighted by atomic mass is 15.5. The van der Waals surface area contributed by atoms with Crippen LogP contribution >= 0.6 is 0 Å². The van der Waals surface area contributed by atoms with E-state index in [0.29, 0.717) is 11.9 Å². The van der Waals surface area contributed by atoms with Crippen molar-refractivity contribution < 1.29 is 4.68 Å². The van der Waals surface area contributed by atoms with Gasteiger partial charge in [-0.25, -0.2) is 4.68 Å². The van der Waals surface area contributed by atoms with Crippen LogP contribution in [-0.4, -0.2) is 48.2 Å². The van der Waals surface area contributed by atoms with E-state index in [2.05, 4.69) is 30.7 Å². The largest absolute Gasteiger partial charge is 0.387 e. The van der Waals surface area contributed by atoms with Gasteiger partial charge < -0.3 is 16.8 Å². The summed E-state index contributed by atoms with van der Waals surface area (Å²) in [5.74, 6) is 0.764. The van der Waals surface area contributed by atoms with E-state index in [1.165, 1.54) is 0 Å². The zero-order valence-electron chi connectivity index (χ0n) is 15.0. The molecule has 0 unspecified atom stereocenters. The lowest BCUT2D eigenvalue weighted by Gasteiger charge is -1.94. The summed E-state index contributed by atoms with van der Waals surface area (Å²) in [6.07, 6.45) is 3.34. The number of fused-ring (bicyclic) bond motifs is 2. The quantitative estimate of drug-likeness (QED) is 0.346. The van der Waals surface area contributed by atoms with Crippen molar-refractivity contribution in [2.75, 3.05) is 30.9 Å². The highest BCUT2D eigenvalue weighted by Gasteiger charge is 2.14. The molecule has 0 bridgehead atoms. The molecule has 4 aromatic rings. The second-order valence-electron chi connectivity index (χ2n) is 5.44. The van der Waals surface area contributed by atoms with E-state index in [0.717, 1.165) is 22.3 Å². The van der Waals surface area contributed by atoms with E-state index < -0.39 is 0 Å². The molecule has 5 N–H and O–H groups in total. The maximum atomic E-state index is 5.62. The predicted molar refractivity (Wildman–Crippen MR) is 96.0 cm³/mol. The van der Waals surface area contributed by atoms with E-state index in [-0.39, 0.29) is 0 Å². The zero-order valence-corrected chi connectivity index (χ0v) is 15.0. The number of nitrogen functional groups attached to an aromatic ring is 2. The zero-order chi connectivity index (χ0) is 18.8. The normalized spacial score (nSPS) is 11.6. The minimum Gasteiger partial charge on any atom is -0.387 e. The van der Waals surface area contributed by atoms with Gasteiger partial charge in [0.2, 0.25) is 5.95 Å². The summed E-state index contributed by atoms with van der Waals surface area (Å²) in [5, 5.41) is 20.1. The molecular formula is C14H21N12+. The fraction of sp³-hybridized carbons (Fsp3) is 0.286. The SMILES string of the molecule is CN=c1cnn2c(N)nn(C)c2c1.CNc1cnn2c(N)n[n+](C)c2c1. The molecular weight excluding hydrogens is 336 g/mol. The van der Waals surface area contributed by atoms with Gasteiger partial charge in [0.15, 0.2) is 5.65 Å². The molecule has 0 radical (unpaired) electrons. The Morgan fingerprint density at radius 1 is 1.12 bits per heavy atom. The summed E-state index contributed by atoms with van der Waals surface area (Å²) < 4.78 is 6.50. The van der Waals surface area contributed by atoms with Crippen LogP contribution in [0.1, 0.15) is 0 Å². The number of hydrogen-bond donors (Lipinski definition) is 3.